The smallest absolute Gasteiger partial charge is 0.119 e. The molecule has 0 radical (unpaired) electrons. The lowest BCUT2D eigenvalue weighted by Gasteiger charge is -2.31. The minimum absolute atomic E-state index is 0.597. The summed E-state index contributed by atoms with van der Waals surface area (Å²) in [5.41, 5.74) is 1.33. The van der Waals surface area contributed by atoms with E-state index < -0.39 is 0 Å². The molecule has 1 aliphatic heterocycles. The number of rotatable bonds is 3. The van der Waals surface area contributed by atoms with Gasteiger partial charge < -0.3 is 10.1 Å². The maximum atomic E-state index is 5.23. The maximum Gasteiger partial charge on any atom is 0.119 e. The fourth-order valence-corrected chi connectivity index (χ4v) is 2.18. The van der Waals surface area contributed by atoms with Gasteiger partial charge in [-0.1, -0.05) is 12.1 Å². The highest BCUT2D eigenvalue weighted by molar-refractivity contribution is 5.28. The van der Waals surface area contributed by atoms with E-state index in [2.05, 4.69) is 35.3 Å². The lowest BCUT2D eigenvalue weighted by Crippen LogP contribution is -2.48. The number of hydrogen-bond donors (Lipinski definition) is 1. The van der Waals surface area contributed by atoms with Crippen molar-refractivity contribution in [2.75, 3.05) is 26.7 Å². The first-order valence-electron chi connectivity index (χ1n) is 5.86. The number of piperazine rings is 1. The predicted octanol–water partition coefficient (Wildman–Crippen LogP) is 1.49. The Bertz CT molecular complexity index is 340. The summed E-state index contributed by atoms with van der Waals surface area (Å²) < 4.78 is 5.23. The van der Waals surface area contributed by atoms with Gasteiger partial charge in [0.2, 0.25) is 0 Å². The summed E-state index contributed by atoms with van der Waals surface area (Å²) in [5.74, 6) is 0.945. The van der Waals surface area contributed by atoms with Crippen LogP contribution in [-0.2, 0) is 6.54 Å². The Hall–Kier alpha value is -1.06. The van der Waals surface area contributed by atoms with Crippen molar-refractivity contribution in [1.29, 1.82) is 0 Å². The zero-order chi connectivity index (χ0) is 11.4. The molecule has 0 spiro atoms. The van der Waals surface area contributed by atoms with Crippen LogP contribution in [0.15, 0.2) is 24.3 Å². The van der Waals surface area contributed by atoms with Gasteiger partial charge in [-0.15, -0.1) is 0 Å². The maximum absolute atomic E-state index is 5.23. The van der Waals surface area contributed by atoms with Gasteiger partial charge in [0.1, 0.15) is 5.75 Å². The molecule has 1 heterocycles. The van der Waals surface area contributed by atoms with E-state index in [9.17, 15) is 0 Å². The fourth-order valence-electron chi connectivity index (χ4n) is 2.18. The van der Waals surface area contributed by atoms with Crippen LogP contribution < -0.4 is 10.1 Å². The number of nitrogens with zero attached hydrogens (tertiary/aromatic N) is 1. The van der Waals surface area contributed by atoms with Crippen molar-refractivity contribution in [1.82, 2.24) is 10.2 Å². The molecule has 16 heavy (non-hydrogen) atoms. The number of nitrogens with one attached hydrogen (secondary N) is 1. The first kappa shape index (κ1) is 11.4. The van der Waals surface area contributed by atoms with Crippen molar-refractivity contribution in [2.45, 2.75) is 19.5 Å². The predicted molar refractivity (Wildman–Crippen MR) is 65.7 cm³/mol. The van der Waals surface area contributed by atoms with Crippen LogP contribution in [0.2, 0.25) is 0 Å². The van der Waals surface area contributed by atoms with E-state index in [-0.39, 0.29) is 0 Å². The van der Waals surface area contributed by atoms with Gasteiger partial charge in [0.15, 0.2) is 0 Å². The molecule has 2 rings (SSSR count). The van der Waals surface area contributed by atoms with E-state index in [0.717, 1.165) is 31.9 Å². The van der Waals surface area contributed by atoms with Crippen LogP contribution in [0.5, 0.6) is 5.75 Å². The summed E-state index contributed by atoms with van der Waals surface area (Å²) in [6.07, 6.45) is 0. The molecule has 3 nitrogen and oxygen atoms in total. The summed E-state index contributed by atoms with van der Waals surface area (Å²) in [6.45, 7) is 6.59. The van der Waals surface area contributed by atoms with E-state index in [0.29, 0.717) is 6.04 Å². The second kappa shape index (κ2) is 5.32. The second-order valence-corrected chi connectivity index (χ2v) is 4.44. The molecule has 1 aliphatic rings. The SMILES string of the molecule is COc1cccc(CN2CCNC(C)C2)c1. The Balaban J connectivity index is 1.97. The average Bonchev–Trinajstić information content (AvgIpc) is 2.29. The van der Waals surface area contributed by atoms with Gasteiger partial charge in [-0.05, 0) is 24.6 Å². The second-order valence-electron chi connectivity index (χ2n) is 4.44. The van der Waals surface area contributed by atoms with Gasteiger partial charge >= 0.3 is 0 Å². The summed E-state index contributed by atoms with van der Waals surface area (Å²) in [7, 11) is 1.71. The summed E-state index contributed by atoms with van der Waals surface area (Å²) in [4.78, 5) is 2.48. The molecular formula is C13H20N2O. The van der Waals surface area contributed by atoms with Crippen LogP contribution >= 0.6 is 0 Å². The highest BCUT2D eigenvalue weighted by Crippen LogP contribution is 2.14. The quantitative estimate of drug-likeness (QED) is 0.835. The molecule has 1 atom stereocenters. The standard InChI is InChI=1S/C13H20N2O/c1-11-9-15(7-6-14-11)10-12-4-3-5-13(8-12)16-2/h3-5,8,11,14H,6-7,9-10H2,1-2H3. The number of benzene rings is 1. The Labute approximate surface area is 97.4 Å². The molecule has 1 saturated heterocycles. The summed E-state index contributed by atoms with van der Waals surface area (Å²) >= 11 is 0. The van der Waals surface area contributed by atoms with Gasteiger partial charge in [-0.3, -0.25) is 4.90 Å². The Kier molecular flexibility index (Phi) is 3.80. The van der Waals surface area contributed by atoms with Gasteiger partial charge in [-0.25, -0.2) is 0 Å². The molecule has 1 aromatic rings. The molecule has 1 unspecified atom stereocenters. The molecule has 0 aromatic heterocycles. The molecule has 1 N–H and O–H groups in total. The molecule has 3 heteroatoms. The van der Waals surface area contributed by atoms with Crippen molar-refractivity contribution in [3.8, 4) is 5.75 Å². The molecule has 0 aliphatic carbocycles. The Morgan fingerprint density at radius 1 is 1.50 bits per heavy atom. The minimum Gasteiger partial charge on any atom is -0.497 e. The highest BCUT2D eigenvalue weighted by Gasteiger charge is 2.15. The van der Waals surface area contributed by atoms with Crippen LogP contribution in [-0.4, -0.2) is 37.7 Å². The third kappa shape index (κ3) is 2.97. The van der Waals surface area contributed by atoms with Crippen LogP contribution in [0.1, 0.15) is 12.5 Å². The zero-order valence-corrected chi connectivity index (χ0v) is 10.1. The van der Waals surface area contributed by atoms with Crippen molar-refractivity contribution >= 4 is 0 Å². The number of methoxy groups -OCH3 is 1. The normalized spacial score (nSPS) is 22.0. The van der Waals surface area contributed by atoms with Crippen molar-refractivity contribution in [3.05, 3.63) is 29.8 Å². The molecule has 1 fully saturated rings. The molecule has 0 amide bonds. The Morgan fingerprint density at radius 3 is 3.12 bits per heavy atom. The van der Waals surface area contributed by atoms with Crippen LogP contribution in [0.4, 0.5) is 0 Å². The van der Waals surface area contributed by atoms with Crippen LogP contribution in [0, 0.1) is 0 Å². The molecule has 1 aromatic carbocycles. The lowest BCUT2D eigenvalue weighted by atomic mass is 10.1. The largest absolute Gasteiger partial charge is 0.497 e. The zero-order valence-electron chi connectivity index (χ0n) is 10.1. The highest BCUT2D eigenvalue weighted by atomic mass is 16.5. The van der Waals surface area contributed by atoms with E-state index in [4.69, 9.17) is 4.74 Å². The summed E-state index contributed by atoms with van der Waals surface area (Å²) in [6, 6.07) is 8.92. The first-order valence-corrected chi connectivity index (χ1v) is 5.86. The van der Waals surface area contributed by atoms with E-state index in [1.54, 1.807) is 7.11 Å². The van der Waals surface area contributed by atoms with Crippen molar-refractivity contribution in [2.24, 2.45) is 0 Å². The monoisotopic (exact) mass is 220 g/mol. The average molecular weight is 220 g/mol. The molecular weight excluding hydrogens is 200 g/mol. The fraction of sp³-hybridized carbons (Fsp3) is 0.538. The summed E-state index contributed by atoms with van der Waals surface area (Å²) in [5, 5.41) is 3.45. The van der Waals surface area contributed by atoms with Gasteiger partial charge in [0.25, 0.3) is 0 Å². The van der Waals surface area contributed by atoms with Gasteiger partial charge in [0, 0.05) is 32.2 Å². The van der Waals surface area contributed by atoms with Crippen molar-refractivity contribution in [3.63, 3.8) is 0 Å². The van der Waals surface area contributed by atoms with Crippen molar-refractivity contribution < 1.29 is 4.74 Å². The third-order valence-corrected chi connectivity index (χ3v) is 2.99. The number of hydrogen-bond acceptors (Lipinski definition) is 3. The van der Waals surface area contributed by atoms with E-state index in [1.807, 2.05) is 6.07 Å². The molecule has 0 saturated carbocycles. The van der Waals surface area contributed by atoms with Gasteiger partial charge in [-0.2, -0.15) is 0 Å². The molecule has 0 bridgehead atoms. The topological polar surface area (TPSA) is 24.5 Å². The van der Waals surface area contributed by atoms with Gasteiger partial charge in [0.05, 0.1) is 7.11 Å². The lowest BCUT2D eigenvalue weighted by molar-refractivity contribution is 0.199. The van der Waals surface area contributed by atoms with Crippen LogP contribution in [0.3, 0.4) is 0 Å². The van der Waals surface area contributed by atoms with E-state index in [1.165, 1.54) is 5.56 Å². The molecule has 88 valence electrons. The Morgan fingerprint density at radius 2 is 2.38 bits per heavy atom. The number of ether oxygens (including phenoxy) is 1. The third-order valence-electron chi connectivity index (χ3n) is 2.99. The van der Waals surface area contributed by atoms with E-state index >= 15 is 0 Å². The minimum atomic E-state index is 0.597. The van der Waals surface area contributed by atoms with Crippen LogP contribution in [0.25, 0.3) is 0 Å². The first-order chi connectivity index (χ1) is 7.78.